The molecule has 0 saturated carbocycles. The highest BCUT2D eigenvalue weighted by Gasteiger charge is 2.26. The highest BCUT2D eigenvalue weighted by molar-refractivity contribution is 7.92. The standard InChI is InChI=1S/C23H27N5O5S/c1-15(2)28(17(4)29)23(30)20-13-25-21(22(26-20)33-14-18-6-5-11-24-12-18)27-34(31,32)19-9-7-16(3)8-10-19/h5-13,15,17,29H,14H2,1-4H3,(H,25,27). The molecule has 0 aliphatic heterocycles. The third-order valence-corrected chi connectivity index (χ3v) is 6.17. The van der Waals surface area contributed by atoms with Crippen LogP contribution in [-0.2, 0) is 16.6 Å². The summed E-state index contributed by atoms with van der Waals surface area (Å²) in [6, 6.07) is 9.50. The van der Waals surface area contributed by atoms with Gasteiger partial charge >= 0.3 is 0 Å². The monoisotopic (exact) mass is 485 g/mol. The van der Waals surface area contributed by atoms with Crippen LogP contribution in [0.15, 0.2) is 59.9 Å². The largest absolute Gasteiger partial charge is 0.470 e. The highest BCUT2D eigenvalue weighted by atomic mass is 32.2. The molecule has 34 heavy (non-hydrogen) atoms. The number of hydrogen-bond acceptors (Lipinski definition) is 8. The van der Waals surface area contributed by atoms with Crippen molar-refractivity contribution in [2.24, 2.45) is 0 Å². The Morgan fingerprint density at radius 2 is 1.85 bits per heavy atom. The van der Waals surface area contributed by atoms with Crippen LogP contribution >= 0.6 is 0 Å². The summed E-state index contributed by atoms with van der Waals surface area (Å²) in [6.45, 7) is 6.84. The number of nitrogens with zero attached hydrogens (tertiary/aromatic N) is 4. The van der Waals surface area contributed by atoms with Crippen LogP contribution in [0, 0.1) is 6.92 Å². The van der Waals surface area contributed by atoms with Crippen LogP contribution in [0.25, 0.3) is 0 Å². The number of aliphatic hydroxyl groups is 1. The van der Waals surface area contributed by atoms with E-state index in [0.717, 1.165) is 11.8 Å². The first-order valence-corrected chi connectivity index (χ1v) is 12.1. The number of carbonyl (C=O) groups is 1. The van der Waals surface area contributed by atoms with Gasteiger partial charge in [0, 0.05) is 24.0 Å². The van der Waals surface area contributed by atoms with Gasteiger partial charge in [0.15, 0.2) is 5.69 Å². The summed E-state index contributed by atoms with van der Waals surface area (Å²) in [7, 11) is -3.99. The van der Waals surface area contributed by atoms with Crippen LogP contribution in [0.5, 0.6) is 5.88 Å². The van der Waals surface area contributed by atoms with Crippen LogP contribution in [0.3, 0.4) is 0 Å². The molecule has 0 radical (unpaired) electrons. The molecule has 180 valence electrons. The molecule has 1 amide bonds. The van der Waals surface area contributed by atoms with E-state index in [1.165, 1.54) is 24.0 Å². The quantitative estimate of drug-likeness (QED) is 0.442. The Hall–Kier alpha value is -3.57. The van der Waals surface area contributed by atoms with Crippen molar-refractivity contribution in [3.05, 3.63) is 71.8 Å². The fourth-order valence-corrected chi connectivity index (χ4v) is 4.16. The van der Waals surface area contributed by atoms with Crippen molar-refractivity contribution < 1.29 is 23.1 Å². The summed E-state index contributed by atoms with van der Waals surface area (Å²) in [4.78, 5) is 26.6. The van der Waals surface area contributed by atoms with Crippen molar-refractivity contribution in [3.8, 4) is 5.88 Å². The van der Waals surface area contributed by atoms with Gasteiger partial charge in [0.05, 0.1) is 11.1 Å². The second kappa shape index (κ2) is 10.6. The molecule has 0 bridgehead atoms. The number of rotatable bonds is 9. The Morgan fingerprint density at radius 3 is 2.44 bits per heavy atom. The molecule has 2 aromatic heterocycles. The first-order chi connectivity index (χ1) is 16.1. The Morgan fingerprint density at radius 1 is 1.15 bits per heavy atom. The number of aromatic nitrogens is 3. The summed E-state index contributed by atoms with van der Waals surface area (Å²) in [5.41, 5.74) is 1.52. The van der Waals surface area contributed by atoms with Crippen molar-refractivity contribution >= 4 is 21.7 Å². The van der Waals surface area contributed by atoms with Crippen LogP contribution in [0.1, 0.15) is 42.4 Å². The molecular weight excluding hydrogens is 458 g/mol. The van der Waals surface area contributed by atoms with E-state index in [1.54, 1.807) is 50.5 Å². The number of pyridine rings is 1. The van der Waals surface area contributed by atoms with E-state index in [9.17, 15) is 18.3 Å². The Bertz CT molecular complexity index is 1220. The topological polar surface area (TPSA) is 135 Å². The Kier molecular flexibility index (Phi) is 7.79. The molecule has 2 N–H and O–H groups in total. The van der Waals surface area contributed by atoms with Crippen molar-refractivity contribution in [3.63, 3.8) is 0 Å². The van der Waals surface area contributed by atoms with E-state index in [2.05, 4.69) is 19.7 Å². The summed E-state index contributed by atoms with van der Waals surface area (Å²) in [6.07, 6.45) is 3.28. The minimum absolute atomic E-state index is 0.0176. The van der Waals surface area contributed by atoms with Gasteiger partial charge in [-0.1, -0.05) is 23.8 Å². The molecule has 3 aromatic rings. The lowest BCUT2D eigenvalue weighted by Crippen LogP contribution is -2.43. The van der Waals surface area contributed by atoms with E-state index >= 15 is 0 Å². The van der Waals surface area contributed by atoms with Crippen molar-refractivity contribution in [1.82, 2.24) is 19.9 Å². The van der Waals surface area contributed by atoms with Crippen LogP contribution in [-0.4, -0.2) is 51.6 Å². The van der Waals surface area contributed by atoms with Gasteiger partial charge < -0.3 is 14.7 Å². The lowest BCUT2D eigenvalue weighted by atomic mass is 10.2. The van der Waals surface area contributed by atoms with Crippen LogP contribution in [0.2, 0.25) is 0 Å². The van der Waals surface area contributed by atoms with Gasteiger partial charge in [-0.15, -0.1) is 0 Å². The number of anilines is 1. The van der Waals surface area contributed by atoms with Gasteiger partial charge in [0.25, 0.3) is 21.8 Å². The predicted molar refractivity (Wildman–Crippen MR) is 126 cm³/mol. The maximum absolute atomic E-state index is 13.0. The zero-order valence-electron chi connectivity index (χ0n) is 19.3. The molecule has 0 spiro atoms. The SMILES string of the molecule is Cc1ccc(S(=O)(=O)Nc2ncc(C(=O)N(C(C)C)C(C)O)nc2OCc2cccnc2)cc1. The molecular formula is C23H27N5O5S. The number of carbonyl (C=O) groups excluding carboxylic acids is 1. The molecule has 1 aromatic carbocycles. The highest BCUT2D eigenvalue weighted by Crippen LogP contribution is 2.25. The second-order valence-electron chi connectivity index (χ2n) is 7.92. The van der Waals surface area contributed by atoms with Gasteiger partial charge in [-0.3, -0.25) is 14.5 Å². The van der Waals surface area contributed by atoms with Gasteiger partial charge in [-0.25, -0.2) is 18.4 Å². The molecule has 0 aliphatic carbocycles. The number of ether oxygens (including phenoxy) is 1. The number of aliphatic hydroxyl groups excluding tert-OH is 1. The first-order valence-electron chi connectivity index (χ1n) is 10.6. The maximum Gasteiger partial charge on any atom is 0.276 e. The number of benzene rings is 1. The fourth-order valence-electron chi connectivity index (χ4n) is 3.15. The average molecular weight is 486 g/mol. The summed E-state index contributed by atoms with van der Waals surface area (Å²) in [5, 5.41) is 10.0. The van der Waals surface area contributed by atoms with Crippen LogP contribution in [0.4, 0.5) is 5.82 Å². The number of nitrogens with one attached hydrogen (secondary N) is 1. The minimum atomic E-state index is -3.99. The third-order valence-electron chi connectivity index (χ3n) is 4.81. The zero-order valence-corrected chi connectivity index (χ0v) is 20.2. The van der Waals surface area contributed by atoms with E-state index in [0.29, 0.717) is 5.56 Å². The number of aryl methyl sites for hydroxylation is 1. The number of hydrogen-bond donors (Lipinski definition) is 2. The molecule has 1 atom stereocenters. The van der Waals surface area contributed by atoms with E-state index in [-0.39, 0.29) is 34.9 Å². The lowest BCUT2D eigenvalue weighted by molar-refractivity contribution is 0.00361. The van der Waals surface area contributed by atoms with E-state index in [1.807, 2.05) is 6.92 Å². The minimum Gasteiger partial charge on any atom is -0.470 e. The van der Waals surface area contributed by atoms with Crippen molar-refractivity contribution in [2.45, 2.75) is 51.5 Å². The molecule has 1 unspecified atom stereocenters. The number of amides is 1. The zero-order chi connectivity index (χ0) is 24.9. The maximum atomic E-state index is 13.0. The summed E-state index contributed by atoms with van der Waals surface area (Å²) in [5.74, 6) is -0.925. The van der Waals surface area contributed by atoms with Gasteiger partial charge in [-0.2, -0.15) is 0 Å². The first kappa shape index (κ1) is 25.1. The molecule has 10 nitrogen and oxygen atoms in total. The predicted octanol–water partition coefficient (Wildman–Crippen LogP) is 2.75. The average Bonchev–Trinajstić information content (AvgIpc) is 2.78. The molecule has 0 aliphatic rings. The molecule has 3 rings (SSSR count). The van der Waals surface area contributed by atoms with Crippen LogP contribution < -0.4 is 9.46 Å². The van der Waals surface area contributed by atoms with Crippen molar-refractivity contribution in [1.29, 1.82) is 0 Å². The molecule has 11 heteroatoms. The second-order valence-corrected chi connectivity index (χ2v) is 9.60. The van der Waals surface area contributed by atoms with E-state index < -0.39 is 22.2 Å². The number of sulfonamides is 1. The van der Waals surface area contributed by atoms with Gasteiger partial charge in [-0.05, 0) is 45.9 Å². The smallest absolute Gasteiger partial charge is 0.276 e. The lowest BCUT2D eigenvalue weighted by Gasteiger charge is -2.29. The Labute approximate surface area is 198 Å². The molecule has 2 heterocycles. The fraction of sp³-hybridized carbons (Fsp3) is 0.304. The third kappa shape index (κ3) is 6.06. The summed E-state index contributed by atoms with van der Waals surface area (Å²) < 4.78 is 33.9. The molecule has 0 saturated heterocycles. The summed E-state index contributed by atoms with van der Waals surface area (Å²) >= 11 is 0. The van der Waals surface area contributed by atoms with Gasteiger partial charge in [0.2, 0.25) is 5.82 Å². The molecule has 0 fully saturated rings. The van der Waals surface area contributed by atoms with Gasteiger partial charge in [0.1, 0.15) is 12.8 Å². The normalized spacial score (nSPS) is 12.3. The van der Waals surface area contributed by atoms with E-state index in [4.69, 9.17) is 4.74 Å². The van der Waals surface area contributed by atoms with Crippen molar-refractivity contribution in [2.75, 3.05) is 4.72 Å². The Balaban J connectivity index is 1.97.